The zero-order valence-corrected chi connectivity index (χ0v) is 15.0. The van der Waals surface area contributed by atoms with E-state index in [1.807, 2.05) is 17.8 Å². The van der Waals surface area contributed by atoms with Gasteiger partial charge in [0.15, 0.2) is 0 Å². The van der Waals surface area contributed by atoms with E-state index in [4.69, 9.17) is 0 Å². The van der Waals surface area contributed by atoms with Gasteiger partial charge in [-0.2, -0.15) is 11.8 Å². The Morgan fingerprint density at radius 1 is 1.33 bits per heavy atom. The Kier molecular flexibility index (Phi) is 6.55. The zero-order valence-electron chi connectivity index (χ0n) is 12.6. The van der Waals surface area contributed by atoms with E-state index in [0.717, 1.165) is 23.6 Å². The van der Waals surface area contributed by atoms with E-state index in [1.165, 1.54) is 24.2 Å². The second-order valence-corrected chi connectivity index (χ2v) is 10.2. The number of sulfonamides is 1. The molecule has 0 saturated carbocycles. The monoisotopic (exact) mass is 348 g/mol. The second kappa shape index (κ2) is 7.97. The van der Waals surface area contributed by atoms with E-state index in [0.29, 0.717) is 22.0 Å². The van der Waals surface area contributed by atoms with Crippen molar-refractivity contribution < 1.29 is 8.42 Å². The van der Waals surface area contributed by atoms with Gasteiger partial charge in [-0.05, 0) is 30.7 Å². The quantitative estimate of drug-likeness (QED) is 0.795. The first-order chi connectivity index (χ1) is 9.97. The summed E-state index contributed by atoms with van der Waals surface area (Å²) in [7, 11) is -3.35. The molecule has 2 rings (SSSR count). The lowest BCUT2D eigenvalue weighted by atomic mass is 10.2. The summed E-state index contributed by atoms with van der Waals surface area (Å²) in [6.45, 7) is 5.42. The Morgan fingerprint density at radius 3 is 2.81 bits per heavy atom. The molecule has 120 valence electrons. The molecular formula is C14H24N2O2S3. The van der Waals surface area contributed by atoms with E-state index in [2.05, 4.69) is 23.9 Å². The number of rotatable bonds is 7. The molecule has 0 aromatic carbocycles. The van der Waals surface area contributed by atoms with Gasteiger partial charge < -0.3 is 5.32 Å². The first kappa shape index (κ1) is 17.3. The molecule has 1 aromatic rings. The van der Waals surface area contributed by atoms with Crippen LogP contribution in [-0.2, 0) is 16.6 Å². The Balaban J connectivity index is 1.89. The van der Waals surface area contributed by atoms with Gasteiger partial charge in [-0.3, -0.25) is 0 Å². The molecule has 7 heteroatoms. The molecule has 21 heavy (non-hydrogen) atoms. The van der Waals surface area contributed by atoms with Crippen molar-refractivity contribution in [2.45, 2.75) is 55.2 Å². The maximum atomic E-state index is 12.3. The van der Waals surface area contributed by atoms with Crippen LogP contribution in [0.1, 0.15) is 38.0 Å². The normalized spacial score (nSPS) is 20.0. The van der Waals surface area contributed by atoms with Crippen molar-refractivity contribution in [3.63, 3.8) is 0 Å². The summed E-state index contributed by atoms with van der Waals surface area (Å²) in [4.78, 5) is 1.05. The zero-order chi connectivity index (χ0) is 15.3. The highest BCUT2D eigenvalue weighted by Crippen LogP contribution is 2.26. The van der Waals surface area contributed by atoms with Gasteiger partial charge in [-0.1, -0.05) is 20.3 Å². The van der Waals surface area contributed by atoms with Crippen molar-refractivity contribution in [3.05, 3.63) is 17.0 Å². The van der Waals surface area contributed by atoms with Crippen molar-refractivity contribution in [2.75, 3.05) is 12.3 Å². The summed E-state index contributed by atoms with van der Waals surface area (Å²) in [5, 5.41) is 3.73. The lowest BCUT2D eigenvalue weighted by molar-refractivity contribution is 0.576. The number of nitrogens with one attached hydrogen (secondary N) is 2. The van der Waals surface area contributed by atoms with Gasteiger partial charge in [-0.15, -0.1) is 11.3 Å². The molecule has 0 amide bonds. The highest BCUT2D eigenvalue weighted by molar-refractivity contribution is 8.00. The summed E-state index contributed by atoms with van der Waals surface area (Å²) in [6, 6.07) is 4.00. The predicted molar refractivity (Wildman–Crippen MR) is 91.6 cm³/mol. The van der Waals surface area contributed by atoms with Crippen molar-refractivity contribution in [2.24, 2.45) is 0 Å². The maximum absolute atomic E-state index is 12.3. The van der Waals surface area contributed by atoms with E-state index < -0.39 is 10.0 Å². The summed E-state index contributed by atoms with van der Waals surface area (Å²) >= 11 is 3.23. The van der Waals surface area contributed by atoms with Gasteiger partial charge in [0, 0.05) is 29.3 Å². The standard InChI is InChI=1S/C14H24N2O2S3/c1-11(2)15-9-13-6-7-14(20-13)21(17,18)16-10-12-5-3-4-8-19-12/h6-7,11-12,15-16H,3-5,8-10H2,1-2H3. The number of hydrogen-bond donors (Lipinski definition) is 2. The number of thiophene rings is 1. The fraction of sp³-hybridized carbons (Fsp3) is 0.714. The van der Waals surface area contributed by atoms with Crippen LogP contribution in [0.5, 0.6) is 0 Å². The molecule has 1 aliphatic heterocycles. The molecule has 4 nitrogen and oxygen atoms in total. The van der Waals surface area contributed by atoms with Gasteiger partial charge in [0.25, 0.3) is 0 Å². The molecule has 1 saturated heterocycles. The number of hydrogen-bond acceptors (Lipinski definition) is 5. The molecule has 2 N–H and O–H groups in total. The van der Waals surface area contributed by atoms with Crippen molar-refractivity contribution in [1.82, 2.24) is 10.0 Å². The smallest absolute Gasteiger partial charge is 0.250 e. The molecule has 0 radical (unpaired) electrons. The molecule has 1 atom stereocenters. The third kappa shape index (κ3) is 5.56. The predicted octanol–water partition coefficient (Wildman–Crippen LogP) is 2.81. The SMILES string of the molecule is CC(C)NCc1ccc(S(=O)(=O)NCC2CCCCS2)s1. The van der Waals surface area contributed by atoms with E-state index in [9.17, 15) is 8.42 Å². The van der Waals surface area contributed by atoms with Crippen molar-refractivity contribution in [3.8, 4) is 0 Å². The van der Waals surface area contributed by atoms with Gasteiger partial charge >= 0.3 is 0 Å². The highest BCUT2D eigenvalue weighted by atomic mass is 32.2. The lowest BCUT2D eigenvalue weighted by Crippen LogP contribution is -2.31. The fourth-order valence-electron chi connectivity index (χ4n) is 2.14. The Morgan fingerprint density at radius 2 is 2.14 bits per heavy atom. The van der Waals surface area contributed by atoms with Crippen molar-refractivity contribution in [1.29, 1.82) is 0 Å². The number of thioether (sulfide) groups is 1. The van der Waals surface area contributed by atoms with Crippen LogP contribution >= 0.6 is 23.1 Å². The summed E-state index contributed by atoms with van der Waals surface area (Å²) in [6.07, 6.45) is 3.58. The minimum Gasteiger partial charge on any atom is -0.310 e. The van der Waals surface area contributed by atoms with Crippen LogP contribution in [0, 0.1) is 0 Å². The van der Waals surface area contributed by atoms with E-state index in [1.54, 1.807) is 6.07 Å². The fourth-order valence-corrected chi connectivity index (χ4v) is 5.92. The average Bonchev–Trinajstić information content (AvgIpc) is 2.94. The third-order valence-electron chi connectivity index (χ3n) is 3.36. The van der Waals surface area contributed by atoms with Gasteiger partial charge in [-0.25, -0.2) is 13.1 Å². The molecule has 1 aliphatic rings. The van der Waals surface area contributed by atoms with Gasteiger partial charge in [0.1, 0.15) is 4.21 Å². The van der Waals surface area contributed by atoms with Crippen LogP contribution in [0.4, 0.5) is 0 Å². The van der Waals surface area contributed by atoms with Crippen LogP contribution in [-0.4, -0.2) is 32.0 Å². The van der Waals surface area contributed by atoms with Crippen LogP contribution in [0.25, 0.3) is 0 Å². The minimum absolute atomic E-state index is 0.397. The first-order valence-corrected chi connectivity index (χ1v) is 10.8. The molecular weight excluding hydrogens is 324 g/mol. The van der Waals surface area contributed by atoms with Crippen LogP contribution < -0.4 is 10.0 Å². The molecule has 1 aromatic heterocycles. The molecule has 1 fully saturated rings. The van der Waals surface area contributed by atoms with Crippen LogP contribution in [0.2, 0.25) is 0 Å². The van der Waals surface area contributed by atoms with Crippen molar-refractivity contribution >= 4 is 33.1 Å². The Bertz CT molecular complexity index is 534. The highest BCUT2D eigenvalue weighted by Gasteiger charge is 2.20. The second-order valence-electron chi connectivity index (χ2n) is 5.60. The molecule has 0 spiro atoms. The van der Waals surface area contributed by atoms with Crippen LogP contribution in [0.3, 0.4) is 0 Å². The van der Waals surface area contributed by atoms with Crippen LogP contribution in [0.15, 0.2) is 16.3 Å². The molecule has 1 unspecified atom stereocenters. The Labute approximate surface area is 136 Å². The van der Waals surface area contributed by atoms with Gasteiger partial charge in [0.2, 0.25) is 10.0 Å². The Hall–Kier alpha value is -0.0800. The minimum atomic E-state index is -3.35. The summed E-state index contributed by atoms with van der Waals surface area (Å²) < 4.78 is 27.8. The van der Waals surface area contributed by atoms with Gasteiger partial charge in [0.05, 0.1) is 0 Å². The first-order valence-electron chi connectivity index (χ1n) is 7.41. The lowest BCUT2D eigenvalue weighted by Gasteiger charge is -2.21. The summed E-state index contributed by atoms with van der Waals surface area (Å²) in [5.74, 6) is 1.15. The maximum Gasteiger partial charge on any atom is 0.250 e. The topological polar surface area (TPSA) is 58.2 Å². The van der Waals surface area contributed by atoms with E-state index in [-0.39, 0.29) is 0 Å². The average molecular weight is 349 g/mol. The molecule has 0 aliphatic carbocycles. The largest absolute Gasteiger partial charge is 0.310 e. The van der Waals surface area contributed by atoms with E-state index >= 15 is 0 Å². The molecule has 0 bridgehead atoms. The molecule has 2 heterocycles. The third-order valence-corrected chi connectivity index (χ3v) is 7.76. The summed E-state index contributed by atoms with van der Waals surface area (Å²) in [5.41, 5.74) is 0.